The van der Waals surface area contributed by atoms with Crippen LogP contribution in [0, 0.1) is 5.82 Å². The Labute approximate surface area is 219 Å². The highest BCUT2D eigenvalue weighted by molar-refractivity contribution is 5.63. The largest absolute Gasteiger partial charge is 0.483 e. The van der Waals surface area contributed by atoms with Gasteiger partial charge < -0.3 is 18.7 Å². The van der Waals surface area contributed by atoms with Gasteiger partial charge in [0.25, 0.3) is 0 Å². The third-order valence-corrected chi connectivity index (χ3v) is 6.10. The Kier molecular flexibility index (Phi) is 9.27. The molecule has 0 aliphatic heterocycles. The minimum Gasteiger partial charge on any atom is -0.483 e. The SMILES string of the molecule is C=C(O/C=C(\C)c1ccc(C(C)(C)COC)c(F)c1)C(CC)Oc1ccc(-c2noc(C(C)C)n2)cc1. The molecule has 37 heavy (non-hydrogen) atoms. The molecule has 1 unspecified atom stereocenters. The maximum atomic E-state index is 14.9. The van der Waals surface area contributed by atoms with Crippen LogP contribution >= 0.6 is 0 Å². The molecule has 198 valence electrons. The second-order valence-electron chi connectivity index (χ2n) is 10.0. The van der Waals surface area contributed by atoms with Gasteiger partial charge in [0.05, 0.1) is 12.9 Å². The van der Waals surface area contributed by atoms with E-state index in [2.05, 4.69) is 16.7 Å². The van der Waals surface area contributed by atoms with Gasteiger partial charge in [-0.15, -0.1) is 0 Å². The fourth-order valence-electron chi connectivity index (χ4n) is 3.87. The summed E-state index contributed by atoms with van der Waals surface area (Å²) in [5.41, 5.74) is 2.53. The highest BCUT2D eigenvalue weighted by atomic mass is 19.1. The average molecular weight is 509 g/mol. The van der Waals surface area contributed by atoms with Crippen molar-refractivity contribution in [1.82, 2.24) is 10.1 Å². The number of benzene rings is 2. The molecule has 0 radical (unpaired) electrons. The lowest BCUT2D eigenvalue weighted by Gasteiger charge is -2.25. The molecule has 0 saturated carbocycles. The molecule has 0 bridgehead atoms. The zero-order chi connectivity index (χ0) is 27.2. The molecule has 3 aromatic rings. The Morgan fingerprint density at radius 3 is 2.43 bits per heavy atom. The van der Waals surface area contributed by atoms with E-state index in [1.807, 2.05) is 71.9 Å². The van der Waals surface area contributed by atoms with Gasteiger partial charge in [0, 0.05) is 24.0 Å². The van der Waals surface area contributed by atoms with Crippen molar-refractivity contribution in [2.24, 2.45) is 0 Å². The van der Waals surface area contributed by atoms with Gasteiger partial charge in [0.1, 0.15) is 17.3 Å². The fraction of sp³-hybridized carbons (Fsp3) is 0.400. The zero-order valence-electron chi connectivity index (χ0n) is 22.8. The average Bonchev–Trinajstić information content (AvgIpc) is 3.36. The van der Waals surface area contributed by atoms with Crippen molar-refractivity contribution < 1.29 is 23.1 Å². The molecule has 0 N–H and O–H groups in total. The number of rotatable bonds is 12. The Morgan fingerprint density at radius 2 is 1.86 bits per heavy atom. The van der Waals surface area contributed by atoms with Crippen molar-refractivity contribution in [1.29, 1.82) is 0 Å². The molecule has 7 heteroatoms. The van der Waals surface area contributed by atoms with Crippen LogP contribution < -0.4 is 4.74 Å². The molecule has 0 aliphatic carbocycles. The molecule has 0 fully saturated rings. The second kappa shape index (κ2) is 12.2. The Morgan fingerprint density at radius 1 is 1.16 bits per heavy atom. The van der Waals surface area contributed by atoms with E-state index < -0.39 is 5.41 Å². The van der Waals surface area contributed by atoms with Gasteiger partial charge in [0.15, 0.2) is 6.10 Å². The van der Waals surface area contributed by atoms with Crippen LogP contribution in [0.25, 0.3) is 17.0 Å². The Hall–Kier alpha value is -3.45. The number of hydrogen-bond acceptors (Lipinski definition) is 6. The quantitative estimate of drug-likeness (QED) is 0.234. The van der Waals surface area contributed by atoms with Crippen LogP contribution in [0.1, 0.15) is 70.9 Å². The summed E-state index contributed by atoms with van der Waals surface area (Å²) in [5.74, 6) is 2.18. The summed E-state index contributed by atoms with van der Waals surface area (Å²) in [6.45, 7) is 16.2. The lowest BCUT2D eigenvalue weighted by atomic mass is 9.84. The third kappa shape index (κ3) is 7.07. The molecule has 1 aromatic heterocycles. The van der Waals surface area contributed by atoms with Crippen LogP contribution in [0.15, 0.2) is 65.6 Å². The van der Waals surface area contributed by atoms with E-state index in [1.54, 1.807) is 19.4 Å². The van der Waals surface area contributed by atoms with Crippen molar-refractivity contribution in [3.8, 4) is 17.1 Å². The lowest BCUT2D eigenvalue weighted by Crippen LogP contribution is -2.25. The molecular weight excluding hydrogens is 471 g/mol. The van der Waals surface area contributed by atoms with Gasteiger partial charge in [0.2, 0.25) is 11.7 Å². The summed E-state index contributed by atoms with van der Waals surface area (Å²) in [4.78, 5) is 4.42. The molecule has 2 aromatic carbocycles. The van der Waals surface area contributed by atoms with Crippen LogP contribution in [0.5, 0.6) is 5.75 Å². The summed E-state index contributed by atoms with van der Waals surface area (Å²) >= 11 is 0. The summed E-state index contributed by atoms with van der Waals surface area (Å²) in [5, 5.41) is 4.04. The standard InChI is InChI=1S/C30H37FN2O4/c1-9-27(36-24-13-10-22(11-14-24)28-32-29(19(2)3)37-33-28)21(5)35-17-20(4)23-12-15-25(26(31)16-23)30(6,7)18-34-8/h10-17,19,27H,5,9,18H2,1-4,6-8H3/b20-17+. The minimum atomic E-state index is -0.424. The third-order valence-electron chi connectivity index (χ3n) is 6.10. The number of nitrogens with zero attached hydrogens (tertiary/aromatic N) is 2. The minimum absolute atomic E-state index is 0.171. The predicted octanol–water partition coefficient (Wildman–Crippen LogP) is 7.67. The first-order chi connectivity index (χ1) is 17.6. The number of hydrogen-bond donors (Lipinski definition) is 0. The van der Waals surface area contributed by atoms with Crippen molar-refractivity contribution in [3.63, 3.8) is 0 Å². The Bertz CT molecular complexity index is 1230. The zero-order valence-corrected chi connectivity index (χ0v) is 22.8. The van der Waals surface area contributed by atoms with E-state index in [0.717, 1.165) is 16.7 Å². The number of allylic oxidation sites excluding steroid dienone is 1. The van der Waals surface area contributed by atoms with Crippen LogP contribution in [-0.2, 0) is 14.9 Å². The lowest BCUT2D eigenvalue weighted by molar-refractivity contribution is 0.144. The predicted molar refractivity (Wildman–Crippen MR) is 144 cm³/mol. The molecule has 0 saturated heterocycles. The van der Waals surface area contributed by atoms with Crippen molar-refractivity contribution in [2.75, 3.05) is 13.7 Å². The van der Waals surface area contributed by atoms with Crippen molar-refractivity contribution in [2.45, 2.75) is 65.4 Å². The summed E-state index contributed by atoms with van der Waals surface area (Å²) in [6, 6.07) is 12.7. The summed E-state index contributed by atoms with van der Waals surface area (Å²) in [6.07, 6.45) is 1.88. The number of methoxy groups -OCH3 is 1. The molecule has 1 heterocycles. The summed E-state index contributed by atoms with van der Waals surface area (Å²) < 4.78 is 37.3. The second-order valence-corrected chi connectivity index (χ2v) is 10.0. The molecule has 3 rings (SSSR count). The Balaban J connectivity index is 1.64. The monoisotopic (exact) mass is 508 g/mol. The van der Waals surface area contributed by atoms with Crippen LogP contribution in [-0.4, -0.2) is 30.0 Å². The van der Waals surface area contributed by atoms with E-state index in [0.29, 0.717) is 41.8 Å². The first-order valence-corrected chi connectivity index (χ1v) is 12.5. The van der Waals surface area contributed by atoms with E-state index in [4.69, 9.17) is 18.7 Å². The van der Waals surface area contributed by atoms with Gasteiger partial charge in [-0.3, -0.25) is 0 Å². The summed E-state index contributed by atoms with van der Waals surface area (Å²) in [7, 11) is 1.62. The number of halogens is 1. The molecule has 0 aliphatic rings. The molecular formula is C30H37FN2O4. The molecule has 6 nitrogen and oxygen atoms in total. The molecule has 1 atom stereocenters. The fourth-order valence-corrected chi connectivity index (χ4v) is 3.87. The number of ether oxygens (including phenoxy) is 3. The van der Waals surface area contributed by atoms with Crippen LogP contribution in [0.4, 0.5) is 4.39 Å². The number of aromatic nitrogens is 2. The maximum absolute atomic E-state index is 14.9. The molecule has 0 amide bonds. The normalized spacial score (nSPS) is 13.1. The van der Waals surface area contributed by atoms with Gasteiger partial charge in [-0.05, 0) is 60.4 Å². The smallest absolute Gasteiger partial charge is 0.229 e. The van der Waals surface area contributed by atoms with E-state index in [1.165, 1.54) is 6.07 Å². The van der Waals surface area contributed by atoms with E-state index >= 15 is 0 Å². The van der Waals surface area contributed by atoms with E-state index in [9.17, 15) is 4.39 Å². The van der Waals surface area contributed by atoms with Crippen LogP contribution in [0.2, 0.25) is 0 Å². The van der Waals surface area contributed by atoms with Gasteiger partial charge in [-0.1, -0.05) is 58.5 Å². The van der Waals surface area contributed by atoms with Gasteiger partial charge in [-0.2, -0.15) is 4.98 Å². The van der Waals surface area contributed by atoms with Crippen molar-refractivity contribution in [3.05, 3.63) is 83.9 Å². The highest BCUT2D eigenvalue weighted by Crippen LogP contribution is 2.29. The van der Waals surface area contributed by atoms with Gasteiger partial charge >= 0.3 is 0 Å². The molecule has 0 spiro atoms. The topological polar surface area (TPSA) is 66.6 Å². The highest BCUT2D eigenvalue weighted by Gasteiger charge is 2.24. The van der Waals surface area contributed by atoms with Crippen molar-refractivity contribution >= 4 is 5.57 Å². The maximum Gasteiger partial charge on any atom is 0.229 e. The van der Waals surface area contributed by atoms with Gasteiger partial charge in [-0.25, -0.2) is 4.39 Å². The van der Waals surface area contributed by atoms with E-state index in [-0.39, 0.29) is 17.8 Å². The first-order valence-electron chi connectivity index (χ1n) is 12.5. The van der Waals surface area contributed by atoms with Crippen LogP contribution in [0.3, 0.4) is 0 Å². The first kappa shape index (κ1) is 28.1.